The van der Waals surface area contributed by atoms with Crippen molar-refractivity contribution in [1.82, 2.24) is 0 Å². The molecule has 0 aromatic heterocycles. The van der Waals surface area contributed by atoms with E-state index in [9.17, 15) is 8.42 Å². The molecule has 1 unspecified atom stereocenters. The molecule has 1 aromatic carbocycles. The second-order valence-electron chi connectivity index (χ2n) is 3.86. The number of halogens is 1. The summed E-state index contributed by atoms with van der Waals surface area (Å²) in [5.41, 5.74) is 0.754. The van der Waals surface area contributed by atoms with Gasteiger partial charge in [-0.1, -0.05) is 38.0 Å². The summed E-state index contributed by atoms with van der Waals surface area (Å²) in [5.74, 6) is 0. The molecule has 1 atom stereocenters. The third kappa shape index (κ3) is 2.98. The second-order valence-corrected chi connectivity index (χ2v) is 6.75. The third-order valence-electron chi connectivity index (χ3n) is 2.52. The van der Waals surface area contributed by atoms with Crippen molar-refractivity contribution >= 4 is 21.4 Å². The van der Waals surface area contributed by atoms with Gasteiger partial charge in [-0.3, -0.25) is 0 Å². The summed E-state index contributed by atoms with van der Waals surface area (Å²) >= 11 is 5.97. The fourth-order valence-corrected chi connectivity index (χ4v) is 3.51. The fraction of sp³-hybridized carbons (Fsp3) is 0.500. The topological polar surface area (TPSA) is 34.1 Å². The van der Waals surface area contributed by atoms with Crippen molar-refractivity contribution in [3.8, 4) is 0 Å². The molecule has 0 radical (unpaired) electrons. The van der Waals surface area contributed by atoms with E-state index >= 15 is 0 Å². The largest absolute Gasteiger partial charge is 0.222 e. The number of unbranched alkanes of at least 4 members (excludes halogenated alkanes) is 1. The van der Waals surface area contributed by atoms with Crippen LogP contribution in [0, 0.1) is 6.92 Å². The number of hydrogen-bond acceptors (Lipinski definition) is 2. The quantitative estimate of drug-likeness (QED) is 0.759. The molecule has 0 bridgehead atoms. The van der Waals surface area contributed by atoms with Crippen LogP contribution in [-0.4, -0.2) is 13.1 Å². The first-order valence-corrected chi connectivity index (χ1v) is 7.42. The van der Waals surface area contributed by atoms with Gasteiger partial charge in [0.2, 0.25) is 0 Å². The summed E-state index contributed by atoms with van der Waals surface area (Å²) in [6, 6.07) is 6.95. The zero-order chi connectivity index (χ0) is 12.2. The third-order valence-corrected chi connectivity index (χ3v) is 5.42. The van der Waals surface area contributed by atoms with Crippen LogP contribution in [0.25, 0.3) is 0 Å². The molecule has 0 aliphatic heterocycles. The molecule has 0 aliphatic rings. The second kappa shape index (κ2) is 5.69. The van der Waals surface area contributed by atoms with E-state index in [1.54, 1.807) is 25.1 Å². The molecule has 90 valence electrons. The van der Waals surface area contributed by atoms with E-state index in [1.165, 1.54) is 0 Å². The number of alkyl halides is 1. The Bertz CT molecular complexity index is 440. The van der Waals surface area contributed by atoms with Gasteiger partial charge in [0, 0.05) is 0 Å². The van der Waals surface area contributed by atoms with Crippen molar-refractivity contribution in [2.24, 2.45) is 0 Å². The number of aryl methyl sites for hydroxylation is 1. The Kier molecular flexibility index (Phi) is 4.81. The summed E-state index contributed by atoms with van der Waals surface area (Å²) in [6.07, 6.45) is 2.29. The standard InChI is InChI=1S/C12H17ClO2S/c1-3-4-9-12(13)16(14,15)11-8-6-5-7-10(11)2/h5-8,12H,3-4,9H2,1-2H3. The van der Waals surface area contributed by atoms with Crippen molar-refractivity contribution in [2.45, 2.75) is 42.7 Å². The van der Waals surface area contributed by atoms with E-state index < -0.39 is 14.5 Å². The van der Waals surface area contributed by atoms with Gasteiger partial charge < -0.3 is 0 Å². The van der Waals surface area contributed by atoms with E-state index in [2.05, 4.69) is 0 Å². The van der Waals surface area contributed by atoms with E-state index in [1.807, 2.05) is 13.0 Å². The molecule has 2 nitrogen and oxygen atoms in total. The molecule has 0 amide bonds. The van der Waals surface area contributed by atoms with Crippen LogP contribution >= 0.6 is 11.6 Å². The minimum atomic E-state index is -3.38. The summed E-state index contributed by atoms with van der Waals surface area (Å²) in [6.45, 7) is 3.81. The highest BCUT2D eigenvalue weighted by Gasteiger charge is 2.25. The Balaban J connectivity index is 2.98. The highest BCUT2D eigenvalue weighted by Crippen LogP contribution is 2.25. The molecule has 0 fully saturated rings. The highest BCUT2D eigenvalue weighted by atomic mass is 35.5. The number of hydrogen-bond donors (Lipinski definition) is 0. The summed E-state index contributed by atoms with van der Waals surface area (Å²) in [7, 11) is -3.38. The molecular formula is C12H17ClO2S. The van der Waals surface area contributed by atoms with E-state index in [4.69, 9.17) is 11.6 Å². The smallest absolute Gasteiger partial charge is 0.195 e. The van der Waals surface area contributed by atoms with Gasteiger partial charge in [-0.2, -0.15) is 0 Å². The first-order chi connectivity index (χ1) is 7.50. The number of rotatable bonds is 5. The van der Waals surface area contributed by atoms with Gasteiger partial charge in [0.15, 0.2) is 9.84 Å². The lowest BCUT2D eigenvalue weighted by atomic mass is 10.2. The Hall–Kier alpha value is -0.540. The number of sulfone groups is 1. The predicted molar refractivity (Wildman–Crippen MR) is 67.5 cm³/mol. The fourth-order valence-electron chi connectivity index (χ4n) is 1.53. The lowest BCUT2D eigenvalue weighted by Crippen LogP contribution is -2.16. The van der Waals surface area contributed by atoms with E-state index in [0.717, 1.165) is 18.4 Å². The lowest BCUT2D eigenvalue weighted by Gasteiger charge is -2.12. The first-order valence-electron chi connectivity index (χ1n) is 5.43. The lowest BCUT2D eigenvalue weighted by molar-refractivity contribution is 0.585. The van der Waals surface area contributed by atoms with Gasteiger partial charge >= 0.3 is 0 Å². The van der Waals surface area contributed by atoms with Crippen molar-refractivity contribution in [3.63, 3.8) is 0 Å². The SMILES string of the molecule is CCCCC(Cl)S(=O)(=O)c1ccccc1C. The predicted octanol–water partition coefficient (Wildman–Crippen LogP) is 3.52. The Labute approximate surface area is 103 Å². The van der Waals surface area contributed by atoms with Crippen LogP contribution in [0.15, 0.2) is 29.2 Å². The molecule has 0 heterocycles. The first kappa shape index (κ1) is 13.5. The van der Waals surface area contributed by atoms with Gasteiger partial charge in [-0.15, -0.1) is 11.6 Å². The summed E-state index contributed by atoms with van der Waals surface area (Å²) in [5, 5.41) is 0. The van der Waals surface area contributed by atoms with Crippen molar-refractivity contribution < 1.29 is 8.42 Å². The Morgan fingerprint density at radius 3 is 2.50 bits per heavy atom. The molecule has 0 saturated heterocycles. The van der Waals surface area contributed by atoms with Gasteiger partial charge in [0.05, 0.1) is 4.90 Å². The van der Waals surface area contributed by atoms with Gasteiger partial charge in [0.25, 0.3) is 0 Å². The van der Waals surface area contributed by atoms with Crippen molar-refractivity contribution in [3.05, 3.63) is 29.8 Å². The average Bonchev–Trinajstić information content (AvgIpc) is 2.26. The minimum absolute atomic E-state index is 0.353. The summed E-state index contributed by atoms with van der Waals surface area (Å²) in [4.78, 5) is 0.353. The van der Waals surface area contributed by atoms with Crippen LogP contribution in [0.1, 0.15) is 31.7 Å². The van der Waals surface area contributed by atoms with Crippen LogP contribution in [0.4, 0.5) is 0 Å². The Morgan fingerprint density at radius 2 is 1.94 bits per heavy atom. The Morgan fingerprint density at radius 1 is 1.31 bits per heavy atom. The molecule has 0 N–H and O–H groups in total. The molecule has 1 aromatic rings. The van der Waals surface area contributed by atoms with E-state index in [-0.39, 0.29) is 0 Å². The highest BCUT2D eigenvalue weighted by molar-refractivity contribution is 7.93. The normalized spacial score (nSPS) is 13.7. The van der Waals surface area contributed by atoms with Crippen LogP contribution < -0.4 is 0 Å². The van der Waals surface area contributed by atoms with Crippen LogP contribution in [0.5, 0.6) is 0 Å². The van der Waals surface area contributed by atoms with Crippen molar-refractivity contribution in [2.75, 3.05) is 0 Å². The maximum atomic E-state index is 12.1. The zero-order valence-corrected chi connectivity index (χ0v) is 11.2. The van der Waals surface area contributed by atoms with Gasteiger partial charge in [-0.25, -0.2) is 8.42 Å². The number of benzene rings is 1. The maximum absolute atomic E-state index is 12.1. The van der Waals surface area contributed by atoms with Crippen LogP contribution in [-0.2, 0) is 9.84 Å². The monoisotopic (exact) mass is 260 g/mol. The minimum Gasteiger partial charge on any atom is -0.222 e. The average molecular weight is 261 g/mol. The molecule has 1 rings (SSSR count). The van der Waals surface area contributed by atoms with Crippen molar-refractivity contribution in [1.29, 1.82) is 0 Å². The molecule has 16 heavy (non-hydrogen) atoms. The van der Waals surface area contributed by atoms with Crippen LogP contribution in [0.2, 0.25) is 0 Å². The zero-order valence-electron chi connectivity index (χ0n) is 9.61. The van der Waals surface area contributed by atoms with Gasteiger partial charge in [-0.05, 0) is 25.0 Å². The van der Waals surface area contributed by atoms with E-state index in [0.29, 0.717) is 11.3 Å². The molecular weight excluding hydrogens is 244 g/mol. The van der Waals surface area contributed by atoms with Gasteiger partial charge in [0.1, 0.15) is 4.71 Å². The molecule has 0 spiro atoms. The molecule has 4 heteroatoms. The van der Waals surface area contributed by atoms with Crippen LogP contribution in [0.3, 0.4) is 0 Å². The molecule has 0 aliphatic carbocycles. The molecule has 0 saturated carbocycles. The maximum Gasteiger partial charge on any atom is 0.195 e. The summed E-state index contributed by atoms with van der Waals surface area (Å²) < 4.78 is 23.4.